The topological polar surface area (TPSA) is 56.7 Å². The van der Waals surface area contributed by atoms with Gasteiger partial charge < -0.3 is 8.98 Å². The third-order valence-electron chi connectivity index (χ3n) is 24.0. The molecule has 0 spiro atoms. The van der Waals surface area contributed by atoms with E-state index in [4.69, 9.17) is 19.4 Å². The van der Waals surface area contributed by atoms with E-state index in [0.717, 1.165) is 55.2 Å². The van der Waals surface area contributed by atoms with Crippen LogP contribution in [0.2, 0.25) is 0 Å². The van der Waals surface area contributed by atoms with Crippen molar-refractivity contribution in [2.24, 2.45) is 0 Å². The van der Waals surface area contributed by atoms with Gasteiger partial charge in [0.05, 0.1) is 5.69 Å². The lowest BCUT2D eigenvalue weighted by Crippen LogP contribution is -2.57. The monoisotopic (exact) mass is 1090 g/mol. The van der Waals surface area contributed by atoms with E-state index in [-0.39, 0.29) is 0 Å². The molecule has 0 N–H and O–H groups in total. The maximum absolute atomic E-state index is 7.81. The molecule has 386 valence electrons. The zero-order chi connectivity index (χ0) is 64.0. The van der Waals surface area contributed by atoms with E-state index in [9.17, 15) is 0 Å². The predicted molar refractivity (Wildman–Crippen MR) is 482 cm³/mol. The minimum absolute atomic E-state index is 0.658. The lowest BCUT2D eigenvalue weighted by Gasteiger charge is -2.27. The molecular formula is C51H63B31N4O. The molecule has 36 heteroatoms. The van der Waals surface area contributed by atoms with E-state index >= 15 is 0 Å². The summed E-state index contributed by atoms with van der Waals surface area (Å²) >= 11 is 0. The van der Waals surface area contributed by atoms with E-state index in [1.54, 1.807) is 0 Å². The van der Waals surface area contributed by atoms with E-state index < -0.39 is 0 Å². The van der Waals surface area contributed by atoms with Crippen molar-refractivity contribution in [2.75, 3.05) is 0 Å². The summed E-state index contributed by atoms with van der Waals surface area (Å²) in [6.07, 6.45) is 0. The van der Waals surface area contributed by atoms with Crippen LogP contribution in [0.3, 0.4) is 0 Å². The van der Waals surface area contributed by atoms with Gasteiger partial charge in [0.1, 0.15) is 249 Å². The Morgan fingerprint density at radius 2 is 0.540 bits per heavy atom. The molecule has 0 radical (unpaired) electrons. The maximum Gasteiger partial charge on any atom is 0.164 e. The van der Waals surface area contributed by atoms with Crippen molar-refractivity contribution < 1.29 is 4.42 Å². The number of aromatic nitrogens is 4. The number of hydrogen-bond donors (Lipinski definition) is 0. The second-order valence-corrected chi connectivity index (χ2v) is 27.2. The van der Waals surface area contributed by atoms with Crippen molar-refractivity contribution in [3.63, 3.8) is 0 Å². The van der Waals surface area contributed by atoms with Crippen molar-refractivity contribution in [3.8, 4) is 62.1 Å². The number of fused-ring (bicyclic) bond motifs is 6. The highest BCUT2D eigenvalue weighted by atomic mass is 16.3. The van der Waals surface area contributed by atoms with Gasteiger partial charge >= 0.3 is 0 Å². The molecule has 0 aliphatic rings. The Labute approximate surface area is 544 Å². The number of furan rings is 1. The van der Waals surface area contributed by atoms with Crippen molar-refractivity contribution in [2.45, 2.75) is 0 Å². The lowest BCUT2D eigenvalue weighted by atomic mass is 9.56. The molecule has 3 heterocycles. The fraction of sp³-hybridized carbons (Fsp3) is 0. The summed E-state index contributed by atoms with van der Waals surface area (Å²) < 4.78 is 10.4. The Balaban J connectivity index is 1.32. The largest absolute Gasteiger partial charge is 0.454 e. The fourth-order valence-electron chi connectivity index (χ4n) is 15.9. The van der Waals surface area contributed by atoms with Gasteiger partial charge in [0, 0.05) is 49.3 Å². The van der Waals surface area contributed by atoms with Crippen molar-refractivity contribution in [1.29, 1.82) is 0 Å². The van der Waals surface area contributed by atoms with Gasteiger partial charge in [-0.2, -0.15) is 0 Å². The summed E-state index contributed by atoms with van der Waals surface area (Å²) in [7, 11) is 71.2. The van der Waals surface area contributed by atoms with Crippen molar-refractivity contribution in [3.05, 3.63) is 6.07 Å². The van der Waals surface area contributed by atoms with Crippen LogP contribution < -0.4 is 169 Å². The van der Waals surface area contributed by atoms with Crippen LogP contribution in [-0.2, 0) is 0 Å². The van der Waals surface area contributed by atoms with Gasteiger partial charge in [-0.1, -0.05) is 109 Å². The standard InChI is InChI=1S/C51H63B31N4O/c52-13-2(4-15(54)27(66)36(75)28(67)16(4)55)1-3-5-17(56)29(68)39(78)41(80)45(5)86(44(3)40(13)79)46-42(81)34(73)21(60)9-6-10(22(61)35(74)43(82)47(6)87-48(9)46)49-83-50(85-51(84-49)12-24(63)32(71)38(77)33(72)25(12)64)11-14(53)7(18(57)26(65)23(11)62)8-19(58)30(69)37(76)31(70)20(8)59/h1H,52-82H2. The highest BCUT2D eigenvalue weighted by Crippen LogP contribution is 2.38. The van der Waals surface area contributed by atoms with E-state index in [1.165, 1.54) is 202 Å². The first kappa shape index (κ1) is 63.0. The van der Waals surface area contributed by atoms with Gasteiger partial charge in [-0.15, -0.1) is 60.1 Å². The molecule has 11 rings (SSSR count). The molecule has 0 aliphatic carbocycles. The molecule has 0 saturated heterocycles. The summed E-state index contributed by atoms with van der Waals surface area (Å²) in [6, 6.07) is 2.55. The highest BCUT2D eigenvalue weighted by Gasteiger charge is 2.32. The molecule has 0 fully saturated rings. The van der Waals surface area contributed by atoms with Crippen LogP contribution in [0.15, 0.2) is 10.5 Å². The Morgan fingerprint density at radius 3 is 1.01 bits per heavy atom. The smallest absolute Gasteiger partial charge is 0.164 e. The van der Waals surface area contributed by atoms with Crippen molar-refractivity contribution >= 4 is 456 Å². The third-order valence-corrected chi connectivity index (χ3v) is 24.0. The normalized spacial score (nSPS) is 11.7. The molecule has 0 amide bonds. The number of benzene rings is 8. The van der Waals surface area contributed by atoms with Gasteiger partial charge in [-0.05, 0) is 28.3 Å². The Bertz CT molecular complexity index is 4990. The van der Waals surface area contributed by atoms with Gasteiger partial charge in [0.2, 0.25) is 0 Å². The zero-order valence-electron chi connectivity index (χ0n) is 58.8. The van der Waals surface area contributed by atoms with E-state index in [2.05, 4.69) is 254 Å². The maximum atomic E-state index is 7.81. The van der Waals surface area contributed by atoms with Crippen LogP contribution in [0.25, 0.3) is 106 Å². The number of hydrogen-bond acceptors (Lipinski definition) is 4. The Hall–Kier alpha value is -5.62. The third kappa shape index (κ3) is 8.69. The highest BCUT2D eigenvalue weighted by molar-refractivity contribution is 6.75. The van der Waals surface area contributed by atoms with Crippen LogP contribution >= 0.6 is 0 Å². The summed E-state index contributed by atoms with van der Waals surface area (Å²) in [5.74, 6) is 2.04. The van der Waals surface area contributed by atoms with Crippen LogP contribution in [0.4, 0.5) is 0 Å². The molecule has 5 nitrogen and oxygen atoms in total. The first-order chi connectivity index (χ1) is 40.6. The molecule has 0 bridgehead atoms. The van der Waals surface area contributed by atoms with Gasteiger partial charge in [-0.25, -0.2) is 15.0 Å². The molecule has 3 aromatic heterocycles. The zero-order valence-corrected chi connectivity index (χ0v) is 58.8. The molecule has 0 unspecified atom stereocenters. The van der Waals surface area contributed by atoms with Gasteiger partial charge in [0.15, 0.2) is 23.1 Å². The number of rotatable bonds is 6. The van der Waals surface area contributed by atoms with Crippen LogP contribution in [0.5, 0.6) is 0 Å². The summed E-state index contributed by atoms with van der Waals surface area (Å²) in [4.78, 5) is 17.5. The van der Waals surface area contributed by atoms with Crippen LogP contribution in [-0.4, -0.2) is 263 Å². The molecule has 0 atom stereocenters. The second-order valence-electron chi connectivity index (χ2n) is 27.2. The molecule has 8 aromatic carbocycles. The predicted octanol–water partition coefficient (Wildman–Crippen LogP) is -40.8. The SMILES string of the molecule is Bc1c(B)c(B)c(-c2nc(-c3c(B)c(B)c(B)c(-c4c(B)c(B)c(B)c(B)c4B)c3B)nc(-c3c(B)c(B)c(B)c4oc5c(-n6c7c(B)c(B)c(-c8c(B)c(B)c(B)c(B)c8B)cc7c7c(B)c(B)c(B)c(B)c76)c(B)c(B)c(B)c5c34)n2)c(B)c1B. The van der Waals surface area contributed by atoms with Gasteiger partial charge in [-0.3, -0.25) is 0 Å². The summed E-state index contributed by atoms with van der Waals surface area (Å²) in [5, 5.41) is 4.75. The minimum atomic E-state index is 0.658. The molecule has 11 aromatic rings. The average molecular weight is 1080 g/mol. The lowest BCUT2D eigenvalue weighted by molar-refractivity contribution is 0.670. The second kappa shape index (κ2) is 21.8. The quantitative estimate of drug-likeness (QED) is 0.156. The van der Waals surface area contributed by atoms with Gasteiger partial charge in [0.25, 0.3) is 0 Å². The number of nitrogens with zero attached hydrogens (tertiary/aromatic N) is 4. The molecule has 0 aliphatic heterocycles. The van der Waals surface area contributed by atoms with E-state index in [0.29, 0.717) is 17.5 Å². The van der Waals surface area contributed by atoms with Crippen LogP contribution in [0, 0.1) is 0 Å². The fourth-order valence-corrected chi connectivity index (χ4v) is 15.9. The summed E-state index contributed by atoms with van der Waals surface area (Å²) in [6.45, 7) is 0. The molecule has 87 heavy (non-hydrogen) atoms. The van der Waals surface area contributed by atoms with Crippen LogP contribution in [0.1, 0.15) is 0 Å². The molecular weight excluding hydrogens is 1020 g/mol. The Morgan fingerprint density at radius 1 is 0.230 bits per heavy atom. The summed E-state index contributed by atoms with van der Waals surface area (Å²) in [5.41, 5.74) is 53.4. The first-order valence-electron chi connectivity index (χ1n) is 31.7. The average Bonchev–Trinajstić information content (AvgIpc) is 1.57. The Kier molecular flexibility index (Phi) is 15.8. The van der Waals surface area contributed by atoms with E-state index in [1.807, 2.05) is 0 Å². The molecule has 0 saturated carbocycles. The first-order valence-corrected chi connectivity index (χ1v) is 31.7. The van der Waals surface area contributed by atoms with Crippen molar-refractivity contribution in [1.82, 2.24) is 19.5 Å². The minimum Gasteiger partial charge on any atom is -0.454 e.